The summed E-state index contributed by atoms with van der Waals surface area (Å²) in [5.74, 6) is 0.106. The van der Waals surface area contributed by atoms with Crippen LogP contribution < -0.4 is 5.32 Å². The Bertz CT molecular complexity index is 438. The van der Waals surface area contributed by atoms with Gasteiger partial charge < -0.3 is 15.3 Å². The zero-order chi connectivity index (χ0) is 13.3. The molecular formula is C13H18N2O3. The van der Waals surface area contributed by atoms with Gasteiger partial charge in [-0.15, -0.1) is 0 Å². The number of carbonyl (C=O) groups is 2. The van der Waals surface area contributed by atoms with Gasteiger partial charge in [-0.1, -0.05) is 6.08 Å². The quantitative estimate of drug-likeness (QED) is 0.740. The maximum atomic E-state index is 11.9. The lowest BCUT2D eigenvalue weighted by Crippen LogP contribution is -2.55. The zero-order valence-corrected chi connectivity index (χ0v) is 10.6. The van der Waals surface area contributed by atoms with E-state index in [-0.39, 0.29) is 17.9 Å². The Hall–Kier alpha value is -1.62. The number of fused-ring (bicyclic) bond motifs is 1. The second kappa shape index (κ2) is 4.94. The summed E-state index contributed by atoms with van der Waals surface area (Å²) in [6, 6.07) is 0. The van der Waals surface area contributed by atoms with E-state index in [0.29, 0.717) is 25.1 Å². The van der Waals surface area contributed by atoms with E-state index in [2.05, 4.69) is 5.32 Å². The highest BCUT2D eigenvalue weighted by Crippen LogP contribution is 2.21. The fourth-order valence-electron chi connectivity index (χ4n) is 2.33. The van der Waals surface area contributed by atoms with E-state index in [4.69, 9.17) is 0 Å². The van der Waals surface area contributed by atoms with Crippen LogP contribution in [0.4, 0.5) is 0 Å². The number of ketones is 1. The number of nitrogens with one attached hydrogen (secondary N) is 1. The summed E-state index contributed by atoms with van der Waals surface area (Å²) in [5.41, 5.74) is 1.51. The van der Waals surface area contributed by atoms with Crippen LogP contribution in [-0.2, 0) is 9.59 Å². The molecule has 1 saturated heterocycles. The largest absolute Gasteiger partial charge is 0.389 e. The van der Waals surface area contributed by atoms with Crippen molar-refractivity contribution in [2.45, 2.75) is 39.0 Å². The van der Waals surface area contributed by atoms with Gasteiger partial charge in [0.2, 0.25) is 5.91 Å². The molecule has 0 aliphatic carbocycles. The van der Waals surface area contributed by atoms with Gasteiger partial charge in [-0.3, -0.25) is 9.59 Å². The Morgan fingerprint density at radius 1 is 1.61 bits per heavy atom. The Morgan fingerprint density at radius 3 is 3.00 bits per heavy atom. The molecule has 1 amide bonds. The molecule has 0 aromatic heterocycles. The van der Waals surface area contributed by atoms with Gasteiger partial charge in [-0.25, -0.2) is 0 Å². The molecule has 98 valence electrons. The second-order valence-electron chi connectivity index (χ2n) is 4.83. The first-order chi connectivity index (χ1) is 8.47. The van der Waals surface area contributed by atoms with Crippen molar-refractivity contribution >= 4 is 11.7 Å². The molecular weight excluding hydrogens is 232 g/mol. The minimum absolute atomic E-state index is 0.0698. The maximum Gasteiger partial charge on any atom is 0.250 e. The predicted octanol–water partition coefficient (Wildman–Crippen LogP) is 0.318. The smallest absolute Gasteiger partial charge is 0.250 e. The van der Waals surface area contributed by atoms with Crippen molar-refractivity contribution in [2.75, 3.05) is 6.54 Å². The van der Waals surface area contributed by atoms with Gasteiger partial charge in [0.25, 0.3) is 0 Å². The molecule has 2 N–H and O–H groups in total. The van der Waals surface area contributed by atoms with Crippen LogP contribution in [0.15, 0.2) is 23.4 Å². The van der Waals surface area contributed by atoms with Crippen molar-refractivity contribution < 1.29 is 14.7 Å². The Kier molecular flexibility index (Phi) is 3.52. The molecule has 0 spiro atoms. The summed E-state index contributed by atoms with van der Waals surface area (Å²) >= 11 is 0. The summed E-state index contributed by atoms with van der Waals surface area (Å²) in [5, 5.41) is 12.5. The summed E-state index contributed by atoms with van der Waals surface area (Å²) in [7, 11) is 0. The van der Waals surface area contributed by atoms with Gasteiger partial charge >= 0.3 is 0 Å². The number of piperidine rings is 1. The van der Waals surface area contributed by atoms with Gasteiger partial charge in [0.05, 0.1) is 6.10 Å². The fourth-order valence-corrected chi connectivity index (χ4v) is 2.33. The third-order valence-electron chi connectivity index (χ3n) is 3.22. The molecule has 5 nitrogen and oxygen atoms in total. The van der Waals surface area contributed by atoms with Gasteiger partial charge in [0.1, 0.15) is 11.9 Å². The molecule has 2 rings (SSSR count). The second-order valence-corrected chi connectivity index (χ2v) is 4.83. The standard InChI is InChI=1S/C13H18N2O3/c1-8(5-9(2)16)11-7-13(18)15-4-3-10(17)6-12(15)14-11/h5,7,9,12,14,16H,3-4,6H2,1-2H3/b8-5+. The van der Waals surface area contributed by atoms with Gasteiger partial charge in [0.15, 0.2) is 0 Å². The zero-order valence-electron chi connectivity index (χ0n) is 10.6. The summed E-state index contributed by atoms with van der Waals surface area (Å²) in [6.45, 7) is 3.97. The van der Waals surface area contributed by atoms with Crippen LogP contribution >= 0.6 is 0 Å². The third kappa shape index (κ3) is 2.61. The van der Waals surface area contributed by atoms with E-state index in [1.165, 1.54) is 6.08 Å². The van der Waals surface area contributed by atoms with Crippen LogP contribution in [-0.4, -0.2) is 40.5 Å². The van der Waals surface area contributed by atoms with Crippen LogP contribution in [0.5, 0.6) is 0 Å². The summed E-state index contributed by atoms with van der Waals surface area (Å²) in [6.07, 6.45) is 3.19. The number of Topliss-reactive ketones (excluding diaryl/α,β-unsaturated/α-hetero) is 1. The Labute approximate surface area is 106 Å². The predicted molar refractivity (Wildman–Crippen MR) is 66.4 cm³/mol. The van der Waals surface area contributed by atoms with Crippen molar-refractivity contribution in [3.63, 3.8) is 0 Å². The van der Waals surface area contributed by atoms with Crippen molar-refractivity contribution in [2.24, 2.45) is 0 Å². The molecule has 0 aromatic carbocycles. The number of aliphatic hydroxyl groups is 1. The lowest BCUT2D eigenvalue weighted by Gasteiger charge is -2.39. The molecule has 0 saturated carbocycles. The maximum absolute atomic E-state index is 11.9. The number of amides is 1. The van der Waals surface area contributed by atoms with Crippen molar-refractivity contribution in [3.8, 4) is 0 Å². The summed E-state index contributed by atoms with van der Waals surface area (Å²) < 4.78 is 0. The third-order valence-corrected chi connectivity index (χ3v) is 3.22. The van der Waals surface area contributed by atoms with Gasteiger partial charge in [-0.05, 0) is 19.4 Å². The topological polar surface area (TPSA) is 69.6 Å². The monoisotopic (exact) mass is 250 g/mol. The fraction of sp³-hybridized carbons (Fsp3) is 0.538. The van der Waals surface area contributed by atoms with E-state index < -0.39 is 6.10 Å². The highest BCUT2D eigenvalue weighted by Gasteiger charge is 2.33. The van der Waals surface area contributed by atoms with E-state index >= 15 is 0 Å². The van der Waals surface area contributed by atoms with Crippen LogP contribution in [0.25, 0.3) is 0 Å². The Morgan fingerprint density at radius 2 is 2.33 bits per heavy atom. The van der Waals surface area contributed by atoms with E-state index in [0.717, 1.165) is 5.57 Å². The van der Waals surface area contributed by atoms with Gasteiger partial charge in [0, 0.05) is 31.2 Å². The molecule has 5 heteroatoms. The average Bonchev–Trinajstić information content (AvgIpc) is 2.27. The SMILES string of the molecule is C/C(=C\C(C)O)C1=CC(=O)N2CCC(=O)CC2N1. The molecule has 2 heterocycles. The van der Waals surface area contributed by atoms with Crippen LogP contribution in [0.2, 0.25) is 0 Å². The first-order valence-corrected chi connectivity index (χ1v) is 6.15. The molecule has 0 bridgehead atoms. The summed E-state index contributed by atoms with van der Waals surface area (Å²) in [4.78, 5) is 25.1. The van der Waals surface area contributed by atoms with Crippen LogP contribution in [0, 0.1) is 0 Å². The number of hydrogen-bond donors (Lipinski definition) is 2. The van der Waals surface area contributed by atoms with E-state index in [1.807, 2.05) is 6.92 Å². The molecule has 2 unspecified atom stereocenters. The molecule has 2 aliphatic heterocycles. The lowest BCUT2D eigenvalue weighted by atomic mass is 10.0. The van der Waals surface area contributed by atoms with Crippen molar-refractivity contribution in [3.05, 3.63) is 23.4 Å². The number of carbonyl (C=O) groups excluding carboxylic acids is 2. The highest BCUT2D eigenvalue weighted by molar-refractivity contribution is 5.92. The van der Waals surface area contributed by atoms with Crippen molar-refractivity contribution in [1.82, 2.24) is 10.2 Å². The van der Waals surface area contributed by atoms with Crippen LogP contribution in [0.3, 0.4) is 0 Å². The Balaban J connectivity index is 2.20. The minimum Gasteiger partial charge on any atom is -0.389 e. The number of hydrogen-bond acceptors (Lipinski definition) is 4. The number of rotatable bonds is 2. The number of allylic oxidation sites excluding steroid dienone is 1. The number of nitrogens with zero attached hydrogens (tertiary/aromatic N) is 1. The van der Waals surface area contributed by atoms with Crippen molar-refractivity contribution in [1.29, 1.82) is 0 Å². The average molecular weight is 250 g/mol. The molecule has 18 heavy (non-hydrogen) atoms. The minimum atomic E-state index is -0.561. The normalized spacial score (nSPS) is 26.4. The highest BCUT2D eigenvalue weighted by atomic mass is 16.3. The first-order valence-electron chi connectivity index (χ1n) is 6.15. The molecule has 2 atom stereocenters. The molecule has 2 aliphatic rings. The van der Waals surface area contributed by atoms with E-state index in [1.54, 1.807) is 17.9 Å². The first kappa shape index (κ1) is 12.8. The molecule has 1 fully saturated rings. The molecule has 0 radical (unpaired) electrons. The van der Waals surface area contributed by atoms with Crippen LogP contribution in [0.1, 0.15) is 26.7 Å². The lowest BCUT2D eigenvalue weighted by molar-refractivity contribution is -0.135. The van der Waals surface area contributed by atoms with E-state index in [9.17, 15) is 14.7 Å². The van der Waals surface area contributed by atoms with Gasteiger partial charge in [-0.2, -0.15) is 0 Å². The molecule has 0 aromatic rings. The number of aliphatic hydroxyl groups excluding tert-OH is 1.